The summed E-state index contributed by atoms with van der Waals surface area (Å²) in [5.74, 6) is 0.640. The highest BCUT2D eigenvalue weighted by Gasteiger charge is 2.32. The summed E-state index contributed by atoms with van der Waals surface area (Å²) < 4.78 is 152. The number of esters is 1. The van der Waals surface area contributed by atoms with E-state index in [0.717, 1.165) is 47.8 Å². The Morgan fingerprint density at radius 3 is 1.09 bits per heavy atom. The number of nitrogens with one attached hydrogen (secondary N) is 1. The number of aromatic carboxylic acids is 1. The van der Waals surface area contributed by atoms with Crippen LogP contribution in [-0.2, 0) is 23.3 Å². The maximum Gasteiger partial charge on any atom is 0.416 e. The Morgan fingerprint density at radius 1 is 0.438 bits per heavy atom. The van der Waals surface area contributed by atoms with E-state index in [1.165, 1.54) is 95.6 Å². The lowest BCUT2D eigenvalue weighted by Crippen LogP contribution is -2.27. The molecule has 0 aliphatic heterocycles. The summed E-state index contributed by atoms with van der Waals surface area (Å²) in [6.45, 7) is 3.75. The van der Waals surface area contributed by atoms with Crippen LogP contribution in [0.3, 0.4) is 0 Å². The van der Waals surface area contributed by atoms with Crippen molar-refractivity contribution in [3.05, 3.63) is 240 Å². The van der Waals surface area contributed by atoms with Crippen LogP contribution in [0.2, 0.25) is 0 Å². The molecular formula is C69H56F9N7O11. The van der Waals surface area contributed by atoms with Crippen molar-refractivity contribution in [3.8, 4) is 51.7 Å². The molecule has 27 heteroatoms. The average Bonchev–Trinajstić information content (AvgIpc) is 0.807. The molecule has 0 saturated carbocycles. The number of aromatic nitrogens is 5. The summed E-state index contributed by atoms with van der Waals surface area (Å²) in [6.07, 6.45) is -5.97. The van der Waals surface area contributed by atoms with E-state index in [-0.39, 0.29) is 63.6 Å². The Kier molecular flexibility index (Phi) is 22.6. The molecule has 11 rings (SSSR count). The van der Waals surface area contributed by atoms with Crippen molar-refractivity contribution in [3.63, 3.8) is 0 Å². The second kappa shape index (κ2) is 30.9. The molecule has 18 nitrogen and oxygen atoms in total. The predicted molar refractivity (Wildman–Crippen MR) is 335 cm³/mol. The first-order chi connectivity index (χ1) is 45.6. The first-order valence-corrected chi connectivity index (χ1v) is 28.3. The lowest BCUT2D eigenvalue weighted by Gasteiger charge is -2.14. The van der Waals surface area contributed by atoms with E-state index in [1.54, 1.807) is 60.9 Å². The van der Waals surface area contributed by atoms with Gasteiger partial charge in [0.2, 0.25) is 0 Å². The van der Waals surface area contributed by atoms with Gasteiger partial charge in [-0.1, -0.05) is 12.1 Å². The molecule has 0 unspecified atom stereocenters. The second-order valence-corrected chi connectivity index (χ2v) is 20.4. The van der Waals surface area contributed by atoms with Crippen LogP contribution in [0.1, 0.15) is 85.1 Å². The van der Waals surface area contributed by atoms with Crippen LogP contribution in [0.5, 0.6) is 51.7 Å². The lowest BCUT2D eigenvalue weighted by molar-refractivity contribution is -0.138. The molecule has 11 aromatic rings. The number of benzene rings is 6. The Labute approximate surface area is 541 Å². The molecule has 0 radical (unpaired) electrons. The van der Waals surface area contributed by atoms with Gasteiger partial charge in [0.25, 0.3) is 5.91 Å². The number of halogens is 9. The largest absolute Gasteiger partial charge is 0.497 e. The van der Waals surface area contributed by atoms with Gasteiger partial charge in [0.15, 0.2) is 17.2 Å². The molecule has 0 aliphatic rings. The van der Waals surface area contributed by atoms with E-state index in [2.05, 4.69) is 35.0 Å². The fourth-order valence-electron chi connectivity index (χ4n) is 8.78. The van der Waals surface area contributed by atoms with Gasteiger partial charge in [-0.3, -0.25) is 29.7 Å². The number of carbonyl (C=O) groups is 3. The van der Waals surface area contributed by atoms with Crippen molar-refractivity contribution in [2.24, 2.45) is 5.73 Å². The SMILES string of the molecule is COC(=O)c1cnc2c(Oc3ccc(C(F)(F)F)cc3)cc(OC)cc2c1.COc1cc(Oc2ccc(C(F)(F)F)cc2)c2ncc(C(=O)N[C@H](C)c3ccccn3)cc2c1.COc1cc(Oc2ccc(C(F)(F)F)cc2)c2ncc(C(=O)O)cc2c1.C[C@H](N)c1ccccn1. The minimum Gasteiger partial charge on any atom is -0.497 e. The number of fused-ring (bicyclic) bond motifs is 3. The number of nitrogens with zero attached hydrogens (tertiary/aromatic N) is 5. The molecule has 0 saturated heterocycles. The van der Waals surface area contributed by atoms with Crippen molar-refractivity contribution in [2.75, 3.05) is 28.4 Å². The quantitative estimate of drug-likeness (QED) is 0.0639. The standard InChI is InChI=1S/C25H20F3N3O3.C19H14F3NO4.C18H12F3NO4.C7H10N2/c1-15(21-5-3-4-10-29-21)31-24(32)17-11-16-12-20(33-2)13-22(23(16)30-14-17)34-19-8-6-18(7-9-19)25(26,27)28;1-25-15-8-11-7-12(18(24)26-2)10-23-17(11)16(9-15)27-14-5-3-13(4-6-14)19(20,21)22;1-25-14-7-10-6-11(17(23)24)9-22-16(10)15(8-14)26-13-4-2-12(3-5-13)18(19,20)21;1-6(8)7-4-2-3-5-9-7/h3-15H,1-2H3,(H,31,32);3-10H,1-2H3;2-9H,1H3,(H,23,24);2-6H,8H2,1H3/t15-;;;6-/m1..0/s1. The molecule has 5 aromatic heterocycles. The number of rotatable bonds is 15. The summed E-state index contributed by atoms with van der Waals surface area (Å²) in [4.78, 5) is 56.5. The van der Waals surface area contributed by atoms with Crippen molar-refractivity contribution in [1.82, 2.24) is 30.2 Å². The number of carboxylic acid groups (broad SMARTS) is 1. The number of nitrogens with two attached hydrogens (primary N) is 1. The van der Waals surface area contributed by atoms with Crippen molar-refractivity contribution < 1.29 is 92.2 Å². The van der Waals surface area contributed by atoms with E-state index >= 15 is 0 Å². The number of carboxylic acids is 1. The first-order valence-electron chi connectivity index (χ1n) is 28.3. The fraction of sp³-hybridized carbons (Fsp3) is 0.159. The average molecular weight is 1330 g/mol. The molecule has 0 aliphatic carbocycles. The van der Waals surface area contributed by atoms with Gasteiger partial charge in [-0.05, 0) is 147 Å². The van der Waals surface area contributed by atoms with Crippen molar-refractivity contribution >= 4 is 50.6 Å². The maximum absolute atomic E-state index is 12.8. The molecule has 5 heterocycles. The summed E-state index contributed by atoms with van der Waals surface area (Å²) in [5, 5.41) is 13.5. The van der Waals surface area contributed by atoms with Crippen LogP contribution >= 0.6 is 0 Å². The number of amides is 1. The molecular weight excluding hydrogens is 1270 g/mol. The van der Waals surface area contributed by atoms with Crippen molar-refractivity contribution in [2.45, 2.75) is 44.5 Å². The smallest absolute Gasteiger partial charge is 0.416 e. The third kappa shape index (κ3) is 18.6. The highest BCUT2D eigenvalue weighted by molar-refractivity contribution is 5.99. The fourth-order valence-corrected chi connectivity index (χ4v) is 8.78. The predicted octanol–water partition coefficient (Wildman–Crippen LogP) is 16.6. The monoisotopic (exact) mass is 1330 g/mol. The van der Waals surface area contributed by atoms with Crippen LogP contribution in [0, 0.1) is 0 Å². The summed E-state index contributed by atoms with van der Waals surface area (Å²) >= 11 is 0. The van der Waals surface area contributed by atoms with Gasteiger partial charge in [0.05, 0.1) is 79.2 Å². The number of ether oxygens (including phenoxy) is 7. The zero-order valence-corrected chi connectivity index (χ0v) is 51.4. The summed E-state index contributed by atoms with van der Waals surface area (Å²) in [5.41, 5.74) is 6.65. The van der Waals surface area contributed by atoms with Crippen LogP contribution in [0.4, 0.5) is 39.5 Å². The van der Waals surface area contributed by atoms with Crippen LogP contribution in [-0.4, -0.2) is 76.3 Å². The Balaban J connectivity index is 0.000000174. The minimum atomic E-state index is -4.44. The first kappa shape index (κ1) is 70.3. The van der Waals surface area contributed by atoms with Gasteiger partial charge in [0.1, 0.15) is 51.0 Å². The highest BCUT2D eigenvalue weighted by Crippen LogP contribution is 2.40. The Bertz CT molecular complexity index is 4500. The Hall–Kier alpha value is -11.6. The number of alkyl halides is 9. The highest BCUT2D eigenvalue weighted by atomic mass is 19.4. The van der Waals surface area contributed by atoms with E-state index in [1.807, 2.05) is 44.2 Å². The summed E-state index contributed by atoms with van der Waals surface area (Å²) in [6, 6.07) is 38.0. The molecule has 0 spiro atoms. The van der Waals surface area contributed by atoms with Gasteiger partial charge in [-0.25, -0.2) is 9.59 Å². The number of carbonyl (C=O) groups excluding carboxylic acids is 2. The van der Waals surface area contributed by atoms with Gasteiger partial charge >= 0.3 is 30.5 Å². The van der Waals surface area contributed by atoms with E-state index in [4.69, 9.17) is 39.3 Å². The topological polar surface area (TPSA) is 239 Å². The third-order valence-corrected chi connectivity index (χ3v) is 13.7. The maximum atomic E-state index is 12.8. The molecule has 1 amide bonds. The minimum absolute atomic E-state index is 0.00812. The second-order valence-electron chi connectivity index (χ2n) is 20.4. The van der Waals surface area contributed by atoms with Gasteiger partial charge in [0, 0.05) is 71.4 Å². The number of methoxy groups -OCH3 is 4. The van der Waals surface area contributed by atoms with Crippen LogP contribution in [0.15, 0.2) is 195 Å². The summed E-state index contributed by atoms with van der Waals surface area (Å²) in [7, 11) is 5.62. The number of pyridine rings is 5. The normalized spacial score (nSPS) is 11.8. The molecule has 4 N–H and O–H groups in total. The van der Waals surface area contributed by atoms with Gasteiger partial charge in [-0.15, -0.1) is 0 Å². The molecule has 0 fully saturated rings. The number of hydrogen-bond acceptors (Lipinski definition) is 16. The van der Waals surface area contributed by atoms with Crippen molar-refractivity contribution in [1.29, 1.82) is 0 Å². The van der Waals surface area contributed by atoms with E-state index < -0.39 is 47.2 Å². The van der Waals surface area contributed by atoms with E-state index in [0.29, 0.717) is 55.5 Å². The zero-order chi connectivity index (χ0) is 69.5. The molecule has 2 atom stereocenters. The Morgan fingerprint density at radius 2 is 0.781 bits per heavy atom. The van der Waals surface area contributed by atoms with Crippen LogP contribution < -0.4 is 39.5 Å². The zero-order valence-electron chi connectivity index (χ0n) is 51.4. The van der Waals surface area contributed by atoms with Gasteiger partial charge in [-0.2, -0.15) is 39.5 Å². The molecule has 0 bridgehead atoms. The van der Waals surface area contributed by atoms with Gasteiger partial charge < -0.3 is 49.3 Å². The third-order valence-electron chi connectivity index (χ3n) is 13.7. The molecule has 96 heavy (non-hydrogen) atoms. The lowest BCUT2D eigenvalue weighted by atomic mass is 10.1. The molecule has 6 aromatic carbocycles. The molecule has 496 valence electrons. The van der Waals surface area contributed by atoms with E-state index in [9.17, 15) is 53.9 Å². The van der Waals surface area contributed by atoms with Crippen LogP contribution in [0.25, 0.3) is 32.7 Å². The number of hydrogen-bond donors (Lipinski definition) is 3.